The third kappa shape index (κ3) is 7.80. The van der Waals surface area contributed by atoms with E-state index in [0.717, 1.165) is 76.3 Å². The molecule has 2 rings (SSSR count). The van der Waals surface area contributed by atoms with Gasteiger partial charge in [-0.1, -0.05) is 6.92 Å². The molecule has 0 aromatic carbocycles. The molecule has 3 N–H and O–H groups in total. The van der Waals surface area contributed by atoms with Crippen LogP contribution >= 0.6 is 35.7 Å². The Morgan fingerprint density at radius 3 is 2.81 bits per heavy atom. The minimum atomic E-state index is -0.148. The number of rotatable bonds is 7. The molecule has 8 heteroatoms. The predicted molar refractivity (Wildman–Crippen MR) is 122 cm³/mol. The molecule has 26 heavy (non-hydrogen) atoms. The Kier molecular flexibility index (Phi) is 11.9. The lowest BCUT2D eigenvalue weighted by molar-refractivity contribution is -0.123. The number of amides is 1. The molecule has 2 aliphatic rings. The van der Waals surface area contributed by atoms with E-state index in [-0.39, 0.29) is 35.8 Å². The summed E-state index contributed by atoms with van der Waals surface area (Å²) in [4.78, 5) is 21.0. The molecule has 0 bridgehead atoms. The number of nitrogens with two attached hydrogens (primary N) is 1. The maximum atomic E-state index is 11.4. The molecule has 2 aliphatic heterocycles. The zero-order chi connectivity index (χ0) is 18.1. The molecule has 2 unspecified atom stereocenters. The van der Waals surface area contributed by atoms with Gasteiger partial charge in [-0.05, 0) is 45.7 Å². The number of guanidine groups is 1. The Morgan fingerprint density at radius 2 is 2.12 bits per heavy atom. The number of thioether (sulfide) groups is 1. The zero-order valence-corrected chi connectivity index (χ0v) is 19.4. The number of hydrogen-bond acceptors (Lipinski definition) is 4. The first kappa shape index (κ1) is 23.8. The quantitative estimate of drug-likeness (QED) is 0.244. The van der Waals surface area contributed by atoms with Gasteiger partial charge >= 0.3 is 0 Å². The van der Waals surface area contributed by atoms with Crippen molar-refractivity contribution in [2.24, 2.45) is 16.6 Å². The van der Waals surface area contributed by atoms with Crippen LogP contribution in [0.4, 0.5) is 0 Å². The fourth-order valence-corrected chi connectivity index (χ4v) is 4.73. The average molecular weight is 497 g/mol. The number of carbonyl (C=O) groups excluding carboxylic acids is 1. The van der Waals surface area contributed by atoms with Gasteiger partial charge in [-0.15, -0.1) is 24.0 Å². The van der Waals surface area contributed by atoms with Crippen molar-refractivity contribution in [1.82, 2.24) is 15.1 Å². The van der Waals surface area contributed by atoms with Crippen LogP contribution in [0.25, 0.3) is 0 Å². The summed E-state index contributed by atoms with van der Waals surface area (Å²) in [6.45, 7) is 11.2. The summed E-state index contributed by atoms with van der Waals surface area (Å²) in [6.07, 6.45) is 4.26. The number of likely N-dealkylation sites (tertiary alicyclic amines) is 1. The highest BCUT2D eigenvalue weighted by molar-refractivity contribution is 14.0. The molecule has 2 atom stereocenters. The summed E-state index contributed by atoms with van der Waals surface area (Å²) in [5.41, 5.74) is 5.46. The SMILES string of the molecule is CCNC(=NCCCN1CCCC(C(N)=O)C1)N1CCSC(CC)C1.I. The number of hydrogen-bond donors (Lipinski definition) is 2. The van der Waals surface area contributed by atoms with Crippen molar-refractivity contribution < 1.29 is 4.79 Å². The summed E-state index contributed by atoms with van der Waals surface area (Å²) in [7, 11) is 0. The molecule has 0 saturated carbocycles. The van der Waals surface area contributed by atoms with Crippen molar-refractivity contribution in [3.8, 4) is 0 Å². The van der Waals surface area contributed by atoms with Crippen LogP contribution in [0, 0.1) is 5.92 Å². The largest absolute Gasteiger partial charge is 0.369 e. The molecule has 152 valence electrons. The second-order valence-electron chi connectivity index (χ2n) is 6.98. The lowest BCUT2D eigenvalue weighted by atomic mass is 9.97. The summed E-state index contributed by atoms with van der Waals surface area (Å²) in [5.74, 6) is 2.14. The monoisotopic (exact) mass is 497 g/mol. The molecule has 0 aliphatic carbocycles. The summed E-state index contributed by atoms with van der Waals surface area (Å²) in [6, 6.07) is 0. The number of carbonyl (C=O) groups is 1. The van der Waals surface area contributed by atoms with Gasteiger partial charge in [-0.2, -0.15) is 11.8 Å². The van der Waals surface area contributed by atoms with E-state index in [1.165, 1.54) is 12.2 Å². The van der Waals surface area contributed by atoms with Crippen LogP contribution in [0.3, 0.4) is 0 Å². The minimum absolute atomic E-state index is 0. The van der Waals surface area contributed by atoms with Gasteiger partial charge in [0.15, 0.2) is 5.96 Å². The number of nitrogens with zero attached hydrogens (tertiary/aromatic N) is 3. The normalized spacial score (nSPS) is 24.8. The molecule has 0 radical (unpaired) electrons. The van der Waals surface area contributed by atoms with E-state index in [1.54, 1.807) is 0 Å². The molecule has 2 saturated heterocycles. The molecule has 0 aromatic heterocycles. The summed E-state index contributed by atoms with van der Waals surface area (Å²) >= 11 is 2.08. The average Bonchev–Trinajstić information content (AvgIpc) is 2.64. The first-order valence-corrected chi connectivity index (χ1v) is 10.8. The van der Waals surface area contributed by atoms with Crippen molar-refractivity contribution >= 4 is 47.6 Å². The fourth-order valence-electron chi connectivity index (χ4n) is 3.55. The van der Waals surface area contributed by atoms with Crippen molar-refractivity contribution in [1.29, 1.82) is 0 Å². The predicted octanol–water partition coefficient (Wildman–Crippen LogP) is 1.98. The fraction of sp³-hybridized carbons (Fsp3) is 0.889. The van der Waals surface area contributed by atoms with Gasteiger partial charge in [-0.25, -0.2) is 0 Å². The lowest BCUT2D eigenvalue weighted by Crippen LogP contribution is -2.48. The van der Waals surface area contributed by atoms with E-state index >= 15 is 0 Å². The van der Waals surface area contributed by atoms with Crippen LogP contribution in [0.5, 0.6) is 0 Å². The summed E-state index contributed by atoms with van der Waals surface area (Å²) < 4.78 is 0. The zero-order valence-electron chi connectivity index (χ0n) is 16.3. The van der Waals surface area contributed by atoms with E-state index in [2.05, 4.69) is 40.7 Å². The second kappa shape index (κ2) is 13.0. The third-order valence-corrected chi connectivity index (χ3v) is 6.40. The van der Waals surface area contributed by atoms with Gasteiger partial charge in [0.2, 0.25) is 5.91 Å². The maximum absolute atomic E-state index is 11.4. The molecule has 1 amide bonds. The van der Waals surface area contributed by atoms with Gasteiger partial charge in [-0.3, -0.25) is 9.79 Å². The number of piperidine rings is 1. The van der Waals surface area contributed by atoms with Crippen LogP contribution in [0.1, 0.15) is 39.5 Å². The summed E-state index contributed by atoms with van der Waals surface area (Å²) in [5, 5.41) is 4.17. The Balaban J connectivity index is 0.00000338. The van der Waals surface area contributed by atoms with Crippen molar-refractivity contribution in [3.63, 3.8) is 0 Å². The first-order valence-electron chi connectivity index (χ1n) is 9.80. The maximum Gasteiger partial charge on any atom is 0.221 e. The highest BCUT2D eigenvalue weighted by Gasteiger charge is 2.24. The van der Waals surface area contributed by atoms with Crippen molar-refractivity contribution in [2.75, 3.05) is 51.6 Å². The van der Waals surface area contributed by atoms with Crippen LogP contribution in [-0.2, 0) is 4.79 Å². The number of halogens is 1. The van der Waals surface area contributed by atoms with Gasteiger partial charge in [0.25, 0.3) is 0 Å². The van der Waals surface area contributed by atoms with Gasteiger partial charge in [0.05, 0.1) is 5.92 Å². The molecule has 6 nitrogen and oxygen atoms in total. The minimum Gasteiger partial charge on any atom is -0.369 e. The molecule has 0 aromatic rings. The number of aliphatic imine (C=N–C) groups is 1. The molecular weight excluding hydrogens is 461 g/mol. The smallest absolute Gasteiger partial charge is 0.221 e. The van der Waals surface area contributed by atoms with Gasteiger partial charge in [0.1, 0.15) is 0 Å². The van der Waals surface area contributed by atoms with Crippen LogP contribution in [0.2, 0.25) is 0 Å². The highest BCUT2D eigenvalue weighted by atomic mass is 127. The number of primary amides is 1. The van der Waals surface area contributed by atoms with E-state index < -0.39 is 0 Å². The van der Waals surface area contributed by atoms with Crippen molar-refractivity contribution in [3.05, 3.63) is 0 Å². The van der Waals surface area contributed by atoms with E-state index in [9.17, 15) is 4.79 Å². The topological polar surface area (TPSA) is 74.0 Å². The Labute approximate surface area is 180 Å². The molecule has 2 fully saturated rings. The Bertz CT molecular complexity index is 451. The van der Waals surface area contributed by atoms with E-state index in [4.69, 9.17) is 10.7 Å². The Hall–Kier alpha value is -0.220. The van der Waals surface area contributed by atoms with Gasteiger partial charge in [0, 0.05) is 43.7 Å². The van der Waals surface area contributed by atoms with Crippen LogP contribution in [-0.4, -0.2) is 78.5 Å². The molecule has 0 spiro atoms. The highest BCUT2D eigenvalue weighted by Crippen LogP contribution is 2.21. The first-order chi connectivity index (χ1) is 12.1. The Morgan fingerprint density at radius 1 is 1.31 bits per heavy atom. The van der Waals surface area contributed by atoms with Crippen LogP contribution < -0.4 is 11.1 Å². The van der Waals surface area contributed by atoms with E-state index in [1.807, 2.05) is 0 Å². The van der Waals surface area contributed by atoms with Gasteiger partial charge < -0.3 is 20.9 Å². The lowest BCUT2D eigenvalue weighted by Gasteiger charge is -2.34. The third-order valence-electron chi connectivity index (χ3n) is 5.03. The van der Waals surface area contributed by atoms with Crippen molar-refractivity contribution in [2.45, 2.75) is 44.8 Å². The van der Waals surface area contributed by atoms with Crippen LogP contribution in [0.15, 0.2) is 4.99 Å². The second-order valence-corrected chi connectivity index (χ2v) is 8.39. The standard InChI is InChI=1S/C18H35N5OS.HI/c1-3-16-14-23(11-12-25-16)18(20-4-2)21-8-6-10-22-9-5-7-15(13-22)17(19)24;/h15-16H,3-14H2,1-2H3,(H2,19,24)(H,20,21);1H. The molecular formula is C18H36IN5OS. The number of nitrogens with one attached hydrogen (secondary N) is 1. The molecule has 2 heterocycles. The van der Waals surface area contributed by atoms with E-state index in [0.29, 0.717) is 0 Å².